The standard InChI is InChI=1S/C17H22N2O2/c1-14(16-8-4-12-20-16)18-9-11-19-10-5-13-21-17-7-3-2-6-15(17)19/h2-4,6-8,12,14,18H,5,9-11,13H2,1H3. The van der Waals surface area contributed by atoms with Crippen LogP contribution in [0.3, 0.4) is 0 Å². The minimum absolute atomic E-state index is 0.235. The zero-order chi connectivity index (χ0) is 14.5. The van der Waals surface area contributed by atoms with Gasteiger partial charge in [-0.2, -0.15) is 0 Å². The lowest BCUT2D eigenvalue weighted by molar-refractivity contribution is 0.322. The monoisotopic (exact) mass is 286 g/mol. The van der Waals surface area contributed by atoms with Crippen molar-refractivity contribution in [3.63, 3.8) is 0 Å². The number of nitrogens with zero attached hydrogens (tertiary/aromatic N) is 1. The lowest BCUT2D eigenvalue weighted by atomic mass is 10.2. The molecular formula is C17H22N2O2. The van der Waals surface area contributed by atoms with E-state index < -0.39 is 0 Å². The van der Waals surface area contributed by atoms with Gasteiger partial charge in [-0.15, -0.1) is 0 Å². The summed E-state index contributed by atoms with van der Waals surface area (Å²) in [6.07, 6.45) is 2.78. The summed E-state index contributed by atoms with van der Waals surface area (Å²) in [4.78, 5) is 2.39. The molecule has 1 unspecified atom stereocenters. The number of rotatable bonds is 5. The Labute approximate surface area is 125 Å². The third-order valence-corrected chi connectivity index (χ3v) is 3.84. The molecule has 1 aromatic carbocycles. The number of fused-ring (bicyclic) bond motifs is 1. The second-order valence-corrected chi connectivity index (χ2v) is 5.35. The number of hydrogen-bond donors (Lipinski definition) is 1. The van der Waals surface area contributed by atoms with Crippen LogP contribution in [0.15, 0.2) is 47.1 Å². The van der Waals surface area contributed by atoms with Gasteiger partial charge in [0.2, 0.25) is 0 Å². The number of para-hydroxylation sites is 2. The van der Waals surface area contributed by atoms with E-state index in [-0.39, 0.29) is 6.04 Å². The highest BCUT2D eigenvalue weighted by Crippen LogP contribution is 2.30. The Morgan fingerprint density at radius 1 is 1.24 bits per heavy atom. The highest BCUT2D eigenvalue weighted by Gasteiger charge is 2.16. The molecule has 0 bridgehead atoms. The first-order chi connectivity index (χ1) is 10.3. The molecule has 112 valence electrons. The molecule has 1 aliphatic rings. The Balaban J connectivity index is 1.58. The van der Waals surface area contributed by atoms with Gasteiger partial charge >= 0.3 is 0 Å². The van der Waals surface area contributed by atoms with E-state index >= 15 is 0 Å². The number of nitrogens with one attached hydrogen (secondary N) is 1. The minimum atomic E-state index is 0.235. The fourth-order valence-corrected chi connectivity index (χ4v) is 2.68. The maximum atomic E-state index is 5.79. The summed E-state index contributed by atoms with van der Waals surface area (Å²) in [6.45, 7) is 5.83. The van der Waals surface area contributed by atoms with Crippen LogP contribution in [-0.4, -0.2) is 26.2 Å². The van der Waals surface area contributed by atoms with Gasteiger partial charge in [-0.25, -0.2) is 0 Å². The van der Waals surface area contributed by atoms with E-state index in [1.54, 1.807) is 6.26 Å². The van der Waals surface area contributed by atoms with Crippen molar-refractivity contribution in [1.82, 2.24) is 5.32 Å². The van der Waals surface area contributed by atoms with Gasteiger partial charge in [0.15, 0.2) is 0 Å². The van der Waals surface area contributed by atoms with Gasteiger partial charge in [-0.05, 0) is 37.6 Å². The molecule has 0 spiro atoms. The SMILES string of the molecule is CC(NCCN1CCCOc2ccccc21)c1ccco1. The number of benzene rings is 1. The van der Waals surface area contributed by atoms with E-state index in [0.29, 0.717) is 0 Å². The van der Waals surface area contributed by atoms with Crippen molar-refractivity contribution >= 4 is 5.69 Å². The van der Waals surface area contributed by atoms with Crippen molar-refractivity contribution in [1.29, 1.82) is 0 Å². The fraction of sp³-hybridized carbons (Fsp3) is 0.412. The van der Waals surface area contributed by atoms with Gasteiger partial charge in [-0.1, -0.05) is 12.1 Å². The van der Waals surface area contributed by atoms with Crippen molar-refractivity contribution in [2.24, 2.45) is 0 Å². The zero-order valence-electron chi connectivity index (χ0n) is 12.4. The molecule has 0 amide bonds. The predicted octanol–water partition coefficient (Wildman–Crippen LogP) is 3.22. The largest absolute Gasteiger partial charge is 0.491 e. The Hall–Kier alpha value is -1.94. The Morgan fingerprint density at radius 3 is 3.00 bits per heavy atom. The summed E-state index contributed by atoms with van der Waals surface area (Å²) in [5.41, 5.74) is 1.20. The van der Waals surface area contributed by atoms with E-state index in [0.717, 1.165) is 44.2 Å². The predicted molar refractivity (Wildman–Crippen MR) is 83.9 cm³/mol. The summed E-state index contributed by atoms with van der Waals surface area (Å²) in [7, 11) is 0. The van der Waals surface area contributed by atoms with Crippen molar-refractivity contribution in [2.75, 3.05) is 31.1 Å². The van der Waals surface area contributed by atoms with Crippen LogP contribution < -0.4 is 15.0 Å². The fourth-order valence-electron chi connectivity index (χ4n) is 2.68. The first-order valence-corrected chi connectivity index (χ1v) is 7.58. The number of anilines is 1. The molecule has 0 saturated carbocycles. The number of hydrogen-bond acceptors (Lipinski definition) is 4. The van der Waals surface area contributed by atoms with E-state index in [9.17, 15) is 0 Å². The summed E-state index contributed by atoms with van der Waals surface area (Å²) in [5.74, 6) is 1.98. The second kappa shape index (κ2) is 6.68. The third-order valence-electron chi connectivity index (χ3n) is 3.84. The lowest BCUT2D eigenvalue weighted by Gasteiger charge is -2.24. The summed E-state index contributed by atoms with van der Waals surface area (Å²) in [5, 5.41) is 3.51. The van der Waals surface area contributed by atoms with Gasteiger partial charge in [0.25, 0.3) is 0 Å². The highest BCUT2D eigenvalue weighted by molar-refractivity contribution is 5.58. The summed E-state index contributed by atoms with van der Waals surface area (Å²) < 4.78 is 11.2. The topological polar surface area (TPSA) is 37.6 Å². The second-order valence-electron chi connectivity index (χ2n) is 5.35. The number of ether oxygens (including phenoxy) is 1. The van der Waals surface area contributed by atoms with Crippen LogP contribution >= 0.6 is 0 Å². The molecule has 2 heterocycles. The molecule has 0 radical (unpaired) electrons. The van der Waals surface area contributed by atoms with E-state index in [2.05, 4.69) is 29.3 Å². The average Bonchev–Trinajstić information content (AvgIpc) is 2.97. The van der Waals surface area contributed by atoms with Crippen LogP contribution in [0.4, 0.5) is 5.69 Å². The maximum Gasteiger partial charge on any atom is 0.142 e. The molecule has 0 saturated heterocycles. The average molecular weight is 286 g/mol. The van der Waals surface area contributed by atoms with Crippen molar-refractivity contribution in [3.05, 3.63) is 48.4 Å². The lowest BCUT2D eigenvalue weighted by Crippen LogP contribution is -2.33. The zero-order valence-corrected chi connectivity index (χ0v) is 12.4. The third kappa shape index (κ3) is 3.39. The van der Waals surface area contributed by atoms with Gasteiger partial charge in [0, 0.05) is 19.6 Å². The van der Waals surface area contributed by atoms with Gasteiger partial charge in [-0.3, -0.25) is 0 Å². The molecule has 1 aliphatic heterocycles. The molecule has 2 aromatic rings. The molecule has 1 atom stereocenters. The Kier molecular flexibility index (Phi) is 4.46. The molecule has 1 N–H and O–H groups in total. The van der Waals surface area contributed by atoms with Gasteiger partial charge < -0.3 is 19.4 Å². The molecular weight excluding hydrogens is 264 g/mol. The smallest absolute Gasteiger partial charge is 0.142 e. The van der Waals surface area contributed by atoms with Crippen molar-refractivity contribution < 1.29 is 9.15 Å². The van der Waals surface area contributed by atoms with Crippen molar-refractivity contribution in [3.8, 4) is 5.75 Å². The summed E-state index contributed by atoms with van der Waals surface area (Å²) in [6, 6.07) is 12.4. The Bertz CT molecular complexity index is 554. The summed E-state index contributed by atoms with van der Waals surface area (Å²) >= 11 is 0. The first kappa shape index (κ1) is 14.0. The van der Waals surface area contributed by atoms with E-state index in [1.807, 2.05) is 24.3 Å². The molecule has 0 fully saturated rings. The van der Waals surface area contributed by atoms with Crippen LogP contribution in [0.5, 0.6) is 5.75 Å². The van der Waals surface area contributed by atoms with Gasteiger partial charge in [0.05, 0.1) is 24.6 Å². The molecule has 21 heavy (non-hydrogen) atoms. The molecule has 3 rings (SSSR count). The Morgan fingerprint density at radius 2 is 2.14 bits per heavy atom. The molecule has 1 aromatic heterocycles. The van der Waals surface area contributed by atoms with Gasteiger partial charge in [0.1, 0.15) is 11.5 Å². The molecule has 0 aliphatic carbocycles. The first-order valence-electron chi connectivity index (χ1n) is 7.58. The number of furan rings is 1. The van der Waals surface area contributed by atoms with Crippen molar-refractivity contribution in [2.45, 2.75) is 19.4 Å². The molecule has 4 heteroatoms. The van der Waals surface area contributed by atoms with Crippen LogP contribution in [0.1, 0.15) is 25.1 Å². The quantitative estimate of drug-likeness (QED) is 0.916. The van der Waals surface area contributed by atoms with Crippen LogP contribution in [0.2, 0.25) is 0 Å². The highest BCUT2D eigenvalue weighted by atomic mass is 16.5. The maximum absolute atomic E-state index is 5.79. The normalized spacial score (nSPS) is 16.0. The van der Waals surface area contributed by atoms with E-state index in [4.69, 9.17) is 9.15 Å². The molecule has 4 nitrogen and oxygen atoms in total. The minimum Gasteiger partial charge on any atom is -0.491 e. The van der Waals surface area contributed by atoms with E-state index in [1.165, 1.54) is 5.69 Å². The van der Waals surface area contributed by atoms with Crippen LogP contribution in [-0.2, 0) is 0 Å². The van der Waals surface area contributed by atoms with Crippen LogP contribution in [0.25, 0.3) is 0 Å². The van der Waals surface area contributed by atoms with Crippen LogP contribution in [0, 0.1) is 0 Å².